The molecule has 2 aromatic carbocycles. The van der Waals surface area contributed by atoms with Crippen molar-refractivity contribution in [1.29, 1.82) is 0 Å². The lowest BCUT2D eigenvalue weighted by molar-refractivity contribution is 0.284. The van der Waals surface area contributed by atoms with E-state index in [4.69, 9.17) is 32.7 Å². The Morgan fingerprint density at radius 2 is 1.89 bits per heavy atom. The maximum atomic E-state index is 6.19. The quantitative estimate of drug-likeness (QED) is 0.602. The number of nitrogens with zero attached hydrogens (tertiary/aromatic N) is 4. The van der Waals surface area contributed by atoms with Crippen LogP contribution in [-0.2, 0) is 19.7 Å². The number of nitrogens with one attached hydrogen (secondary N) is 1. The molecule has 0 saturated carbocycles. The average molecular weight is 408 g/mol. The summed E-state index contributed by atoms with van der Waals surface area (Å²) in [4.78, 5) is 0. The second-order valence-electron chi connectivity index (χ2n) is 5.65. The predicted molar refractivity (Wildman–Crippen MR) is 105 cm³/mol. The van der Waals surface area contributed by atoms with Crippen LogP contribution in [0, 0.1) is 0 Å². The first-order valence-electron chi connectivity index (χ1n) is 8.35. The maximum Gasteiger partial charge on any atom is 0.243 e. The average Bonchev–Trinajstić information content (AvgIpc) is 3.14. The van der Waals surface area contributed by atoms with Gasteiger partial charge in [-0.05, 0) is 47.2 Å². The highest BCUT2D eigenvalue weighted by Crippen LogP contribution is 2.31. The van der Waals surface area contributed by atoms with Crippen molar-refractivity contribution in [3.63, 3.8) is 0 Å². The number of tetrazole rings is 1. The Morgan fingerprint density at radius 1 is 1.11 bits per heavy atom. The van der Waals surface area contributed by atoms with Crippen LogP contribution in [0.15, 0.2) is 36.4 Å². The van der Waals surface area contributed by atoms with Crippen molar-refractivity contribution in [2.24, 2.45) is 0 Å². The molecule has 0 atom stereocenters. The van der Waals surface area contributed by atoms with E-state index < -0.39 is 0 Å². The summed E-state index contributed by atoms with van der Waals surface area (Å²) in [6, 6.07) is 11.1. The molecule has 9 heteroatoms. The number of ether oxygens (including phenoxy) is 2. The van der Waals surface area contributed by atoms with Crippen molar-refractivity contribution in [2.45, 2.75) is 26.6 Å². The Balaban J connectivity index is 1.69. The zero-order chi connectivity index (χ0) is 19.2. The first kappa shape index (κ1) is 19.3. The van der Waals surface area contributed by atoms with Gasteiger partial charge in [-0.15, -0.1) is 0 Å². The van der Waals surface area contributed by atoms with Crippen LogP contribution in [0.5, 0.6) is 11.5 Å². The third kappa shape index (κ3) is 4.61. The lowest BCUT2D eigenvalue weighted by atomic mass is 10.2. The van der Waals surface area contributed by atoms with Gasteiger partial charge in [0, 0.05) is 28.7 Å². The second-order valence-corrected chi connectivity index (χ2v) is 6.46. The molecule has 0 unspecified atom stereocenters. The van der Waals surface area contributed by atoms with Gasteiger partial charge in [-0.3, -0.25) is 0 Å². The number of aryl methyl sites for hydroxylation is 1. The topological polar surface area (TPSA) is 74.1 Å². The van der Waals surface area contributed by atoms with Gasteiger partial charge in [0.15, 0.2) is 11.5 Å². The van der Waals surface area contributed by atoms with E-state index in [9.17, 15) is 0 Å². The van der Waals surface area contributed by atoms with Gasteiger partial charge < -0.3 is 14.8 Å². The summed E-state index contributed by atoms with van der Waals surface area (Å²) < 4.78 is 13.0. The SMILES string of the molecule is CCn1nnnc1NCc1ccc(OCc2c(Cl)cccc2Cl)c(OC)c1. The molecule has 0 amide bonds. The molecule has 3 aromatic rings. The summed E-state index contributed by atoms with van der Waals surface area (Å²) in [6.07, 6.45) is 0. The summed E-state index contributed by atoms with van der Waals surface area (Å²) in [5.74, 6) is 1.84. The number of anilines is 1. The standard InChI is InChI=1S/C18H19Cl2N5O2/c1-3-25-18(22-23-24-25)21-10-12-7-8-16(17(9-12)26-2)27-11-13-14(19)5-4-6-15(13)20/h4-9H,3,10-11H2,1-2H3,(H,21,22,24). The predicted octanol–water partition coefficient (Wildman–Crippen LogP) is 4.20. The van der Waals surface area contributed by atoms with E-state index in [0.717, 1.165) is 11.1 Å². The van der Waals surface area contributed by atoms with Crippen molar-refractivity contribution in [3.05, 3.63) is 57.6 Å². The summed E-state index contributed by atoms with van der Waals surface area (Å²) in [7, 11) is 1.60. The van der Waals surface area contributed by atoms with Gasteiger partial charge >= 0.3 is 0 Å². The molecular weight excluding hydrogens is 389 g/mol. The lowest BCUT2D eigenvalue weighted by Gasteiger charge is -2.14. The Kier molecular flexibility index (Phi) is 6.36. The minimum absolute atomic E-state index is 0.248. The summed E-state index contributed by atoms with van der Waals surface area (Å²) in [6.45, 7) is 3.46. The summed E-state index contributed by atoms with van der Waals surface area (Å²) >= 11 is 12.4. The van der Waals surface area contributed by atoms with Crippen LogP contribution < -0.4 is 14.8 Å². The van der Waals surface area contributed by atoms with Gasteiger partial charge in [0.25, 0.3) is 0 Å². The van der Waals surface area contributed by atoms with Crippen LogP contribution in [0.2, 0.25) is 10.0 Å². The number of methoxy groups -OCH3 is 1. The van der Waals surface area contributed by atoms with Gasteiger partial charge in [0.1, 0.15) is 6.61 Å². The van der Waals surface area contributed by atoms with Crippen molar-refractivity contribution in [1.82, 2.24) is 20.2 Å². The second kappa shape index (κ2) is 8.92. The molecule has 7 nitrogen and oxygen atoms in total. The largest absolute Gasteiger partial charge is 0.493 e. The molecule has 0 spiro atoms. The smallest absolute Gasteiger partial charge is 0.243 e. The molecule has 0 aliphatic heterocycles. The van der Waals surface area contributed by atoms with Crippen LogP contribution in [0.25, 0.3) is 0 Å². The molecule has 142 valence electrons. The number of benzene rings is 2. The number of hydrogen-bond donors (Lipinski definition) is 1. The Hall–Kier alpha value is -2.51. The first-order chi connectivity index (χ1) is 13.1. The lowest BCUT2D eigenvalue weighted by Crippen LogP contribution is -2.08. The van der Waals surface area contributed by atoms with Gasteiger partial charge in [0.2, 0.25) is 5.95 Å². The molecule has 0 fully saturated rings. The molecule has 0 radical (unpaired) electrons. The monoisotopic (exact) mass is 407 g/mol. The van der Waals surface area contributed by atoms with Gasteiger partial charge in [0.05, 0.1) is 7.11 Å². The zero-order valence-corrected chi connectivity index (χ0v) is 16.5. The van der Waals surface area contributed by atoms with Crippen LogP contribution in [0.4, 0.5) is 5.95 Å². The Labute approximate surface area is 167 Å². The van der Waals surface area contributed by atoms with E-state index in [-0.39, 0.29) is 6.61 Å². The number of halogens is 2. The van der Waals surface area contributed by atoms with E-state index >= 15 is 0 Å². The fourth-order valence-corrected chi connectivity index (χ4v) is 2.99. The number of rotatable bonds is 8. The molecule has 0 aliphatic carbocycles. The fraction of sp³-hybridized carbons (Fsp3) is 0.278. The van der Waals surface area contributed by atoms with Gasteiger partial charge in [-0.1, -0.05) is 40.4 Å². The Bertz CT molecular complexity index is 896. The molecular formula is C18H19Cl2N5O2. The summed E-state index contributed by atoms with van der Waals surface area (Å²) in [5.41, 5.74) is 1.74. The Morgan fingerprint density at radius 3 is 2.59 bits per heavy atom. The van der Waals surface area contributed by atoms with Crippen molar-refractivity contribution < 1.29 is 9.47 Å². The normalized spacial score (nSPS) is 10.7. The highest BCUT2D eigenvalue weighted by Gasteiger charge is 2.11. The van der Waals surface area contributed by atoms with Crippen LogP contribution in [0.1, 0.15) is 18.1 Å². The van der Waals surface area contributed by atoms with Crippen molar-refractivity contribution in [2.75, 3.05) is 12.4 Å². The minimum Gasteiger partial charge on any atom is -0.493 e. The molecule has 1 aromatic heterocycles. The first-order valence-corrected chi connectivity index (χ1v) is 9.10. The molecule has 0 saturated heterocycles. The van der Waals surface area contributed by atoms with E-state index in [1.165, 1.54) is 0 Å². The zero-order valence-electron chi connectivity index (χ0n) is 14.9. The minimum atomic E-state index is 0.248. The number of aromatic nitrogens is 4. The molecule has 1 N–H and O–H groups in total. The third-order valence-electron chi connectivity index (χ3n) is 3.94. The highest BCUT2D eigenvalue weighted by atomic mass is 35.5. The molecule has 0 aliphatic rings. The van der Waals surface area contributed by atoms with Crippen LogP contribution >= 0.6 is 23.2 Å². The highest BCUT2D eigenvalue weighted by molar-refractivity contribution is 6.35. The molecule has 0 bridgehead atoms. The van der Waals surface area contributed by atoms with Crippen molar-refractivity contribution >= 4 is 29.2 Å². The fourth-order valence-electron chi connectivity index (χ4n) is 2.49. The van der Waals surface area contributed by atoms with Gasteiger partial charge in [-0.2, -0.15) is 0 Å². The molecule has 27 heavy (non-hydrogen) atoms. The number of hydrogen-bond acceptors (Lipinski definition) is 6. The summed E-state index contributed by atoms with van der Waals surface area (Å²) in [5, 5.41) is 15.8. The van der Waals surface area contributed by atoms with E-state index in [1.54, 1.807) is 30.0 Å². The van der Waals surface area contributed by atoms with E-state index in [0.29, 0.717) is 40.6 Å². The molecule has 3 rings (SSSR count). The van der Waals surface area contributed by atoms with Crippen molar-refractivity contribution in [3.8, 4) is 11.5 Å². The molecule has 1 heterocycles. The van der Waals surface area contributed by atoms with Crippen LogP contribution in [-0.4, -0.2) is 27.3 Å². The van der Waals surface area contributed by atoms with E-state index in [1.807, 2.05) is 25.1 Å². The van der Waals surface area contributed by atoms with Gasteiger partial charge in [-0.25, -0.2) is 4.68 Å². The van der Waals surface area contributed by atoms with E-state index in [2.05, 4.69) is 20.8 Å². The van der Waals surface area contributed by atoms with Crippen LogP contribution in [0.3, 0.4) is 0 Å². The third-order valence-corrected chi connectivity index (χ3v) is 4.65. The maximum absolute atomic E-state index is 6.19.